The van der Waals surface area contributed by atoms with Gasteiger partial charge < -0.3 is 5.32 Å². The van der Waals surface area contributed by atoms with Crippen LogP contribution in [-0.4, -0.2) is 36.6 Å². The van der Waals surface area contributed by atoms with Crippen LogP contribution in [0.5, 0.6) is 0 Å². The van der Waals surface area contributed by atoms with Crippen LogP contribution >= 0.6 is 0 Å². The number of unbranched alkanes of at least 4 members (excludes halogenated alkanes) is 1. The zero-order chi connectivity index (χ0) is 10.4. The predicted octanol–water partition coefficient (Wildman–Crippen LogP) is 2.25. The lowest BCUT2D eigenvalue weighted by Gasteiger charge is -2.31. The van der Waals surface area contributed by atoms with E-state index in [0.717, 1.165) is 6.54 Å². The smallest absolute Gasteiger partial charge is 0.0153 e. The van der Waals surface area contributed by atoms with Gasteiger partial charge in [0, 0.05) is 5.54 Å². The first-order chi connectivity index (χ1) is 6.67. The first kappa shape index (κ1) is 12.0. The minimum Gasteiger partial charge on any atom is -0.317 e. The molecule has 1 saturated heterocycles. The number of nitrogens with one attached hydrogen (secondary N) is 1. The lowest BCUT2D eigenvalue weighted by molar-refractivity contribution is 0.172. The molecule has 0 spiro atoms. The Kier molecular flexibility index (Phi) is 4.90. The van der Waals surface area contributed by atoms with E-state index in [-0.39, 0.29) is 0 Å². The summed E-state index contributed by atoms with van der Waals surface area (Å²) in [5, 5.41) is 3.38. The molecule has 84 valence electrons. The fourth-order valence-electron chi connectivity index (χ4n) is 2.31. The molecule has 0 aromatic carbocycles. The van der Waals surface area contributed by atoms with Gasteiger partial charge in [-0.15, -0.1) is 0 Å². The molecule has 0 bridgehead atoms. The normalized spacial score (nSPS) is 21.6. The molecule has 2 heteroatoms. The van der Waals surface area contributed by atoms with Crippen LogP contribution in [0.2, 0.25) is 0 Å². The topological polar surface area (TPSA) is 15.3 Å². The van der Waals surface area contributed by atoms with E-state index in [0.29, 0.717) is 5.54 Å². The molecule has 14 heavy (non-hydrogen) atoms. The van der Waals surface area contributed by atoms with Crippen molar-refractivity contribution in [3.8, 4) is 0 Å². The molecule has 1 aliphatic heterocycles. The number of nitrogens with zero attached hydrogens (tertiary/aromatic N) is 1. The lowest BCUT2D eigenvalue weighted by Crippen LogP contribution is -2.38. The second-order valence-corrected chi connectivity index (χ2v) is 4.96. The summed E-state index contributed by atoms with van der Waals surface area (Å²) in [6, 6.07) is 0. The van der Waals surface area contributed by atoms with Gasteiger partial charge in [0.15, 0.2) is 0 Å². The largest absolute Gasteiger partial charge is 0.317 e. The molecule has 0 unspecified atom stereocenters. The highest BCUT2D eigenvalue weighted by Gasteiger charge is 2.30. The van der Waals surface area contributed by atoms with Crippen LogP contribution in [0.3, 0.4) is 0 Å². The maximum atomic E-state index is 3.38. The molecule has 0 aromatic rings. The van der Waals surface area contributed by atoms with Crippen molar-refractivity contribution in [2.24, 2.45) is 0 Å². The summed E-state index contributed by atoms with van der Waals surface area (Å²) in [7, 11) is 0. The van der Waals surface area contributed by atoms with Crippen LogP contribution in [0.25, 0.3) is 0 Å². The summed E-state index contributed by atoms with van der Waals surface area (Å²) in [5.41, 5.74) is 0.470. The molecule has 1 N–H and O–H groups in total. The minimum absolute atomic E-state index is 0.470. The molecule has 0 radical (unpaired) electrons. The van der Waals surface area contributed by atoms with Gasteiger partial charge in [0.05, 0.1) is 0 Å². The van der Waals surface area contributed by atoms with E-state index in [1.54, 1.807) is 0 Å². The van der Waals surface area contributed by atoms with E-state index in [9.17, 15) is 0 Å². The fourth-order valence-corrected chi connectivity index (χ4v) is 2.31. The number of likely N-dealkylation sites (tertiary alicyclic amines) is 1. The van der Waals surface area contributed by atoms with Gasteiger partial charge in [-0.1, -0.05) is 6.92 Å². The van der Waals surface area contributed by atoms with Crippen molar-refractivity contribution >= 4 is 0 Å². The third kappa shape index (κ3) is 3.58. The first-order valence-electron chi connectivity index (χ1n) is 6.12. The Morgan fingerprint density at radius 2 is 2.07 bits per heavy atom. The third-order valence-electron chi connectivity index (χ3n) is 3.35. The highest BCUT2D eigenvalue weighted by molar-refractivity contribution is 4.87. The molecule has 1 aliphatic rings. The average molecular weight is 198 g/mol. The number of hydrogen-bond acceptors (Lipinski definition) is 2. The van der Waals surface area contributed by atoms with Gasteiger partial charge in [0.1, 0.15) is 0 Å². The predicted molar refractivity (Wildman–Crippen MR) is 62.7 cm³/mol. The quantitative estimate of drug-likeness (QED) is 0.659. The molecule has 0 aliphatic carbocycles. The maximum absolute atomic E-state index is 3.38. The molecule has 0 atom stereocenters. The summed E-state index contributed by atoms with van der Waals surface area (Å²) >= 11 is 0. The van der Waals surface area contributed by atoms with Gasteiger partial charge >= 0.3 is 0 Å². The summed E-state index contributed by atoms with van der Waals surface area (Å²) in [4.78, 5) is 2.65. The van der Waals surface area contributed by atoms with Crippen molar-refractivity contribution in [2.45, 2.75) is 52.0 Å². The zero-order valence-electron chi connectivity index (χ0n) is 10.1. The van der Waals surface area contributed by atoms with Gasteiger partial charge in [0.2, 0.25) is 0 Å². The van der Waals surface area contributed by atoms with E-state index in [2.05, 4.69) is 31.0 Å². The second-order valence-electron chi connectivity index (χ2n) is 4.96. The summed E-state index contributed by atoms with van der Waals surface area (Å²) in [6.07, 6.45) is 5.43. The molecular weight excluding hydrogens is 172 g/mol. The van der Waals surface area contributed by atoms with E-state index in [4.69, 9.17) is 0 Å². The van der Waals surface area contributed by atoms with Crippen LogP contribution in [0, 0.1) is 0 Å². The molecule has 1 fully saturated rings. The van der Waals surface area contributed by atoms with E-state index in [1.807, 2.05) is 0 Å². The Balaban J connectivity index is 2.06. The van der Waals surface area contributed by atoms with Crippen LogP contribution in [0.4, 0.5) is 0 Å². The molecule has 2 nitrogen and oxygen atoms in total. The molecule has 1 rings (SSSR count). The van der Waals surface area contributed by atoms with Crippen molar-refractivity contribution in [2.75, 3.05) is 26.2 Å². The van der Waals surface area contributed by atoms with E-state index >= 15 is 0 Å². The Bertz CT molecular complexity index is 154. The van der Waals surface area contributed by atoms with Crippen molar-refractivity contribution < 1.29 is 0 Å². The number of hydrogen-bond donors (Lipinski definition) is 1. The Morgan fingerprint density at radius 1 is 1.29 bits per heavy atom. The summed E-state index contributed by atoms with van der Waals surface area (Å²) < 4.78 is 0. The van der Waals surface area contributed by atoms with Gasteiger partial charge in [-0.3, -0.25) is 4.90 Å². The highest BCUT2D eigenvalue weighted by atomic mass is 15.2. The fraction of sp³-hybridized carbons (Fsp3) is 1.00. The highest BCUT2D eigenvalue weighted by Crippen LogP contribution is 2.27. The van der Waals surface area contributed by atoms with Crippen LogP contribution < -0.4 is 5.32 Å². The second kappa shape index (κ2) is 5.72. The van der Waals surface area contributed by atoms with Crippen LogP contribution in [-0.2, 0) is 0 Å². The van der Waals surface area contributed by atoms with E-state index in [1.165, 1.54) is 45.3 Å². The van der Waals surface area contributed by atoms with Gasteiger partial charge in [0.25, 0.3) is 0 Å². The summed E-state index contributed by atoms with van der Waals surface area (Å²) in [5.74, 6) is 0. The Morgan fingerprint density at radius 3 is 2.64 bits per heavy atom. The van der Waals surface area contributed by atoms with Crippen molar-refractivity contribution in [3.63, 3.8) is 0 Å². The average Bonchev–Trinajstić information content (AvgIpc) is 2.45. The first-order valence-corrected chi connectivity index (χ1v) is 6.12. The van der Waals surface area contributed by atoms with Crippen LogP contribution in [0.15, 0.2) is 0 Å². The molecule has 1 heterocycles. The third-order valence-corrected chi connectivity index (χ3v) is 3.35. The van der Waals surface area contributed by atoms with Crippen molar-refractivity contribution in [3.05, 3.63) is 0 Å². The van der Waals surface area contributed by atoms with Crippen molar-refractivity contribution in [1.29, 1.82) is 0 Å². The SMILES string of the molecule is CCNCCCCN1CCCC1(C)C. The van der Waals surface area contributed by atoms with Gasteiger partial charge in [-0.2, -0.15) is 0 Å². The monoisotopic (exact) mass is 198 g/mol. The van der Waals surface area contributed by atoms with Gasteiger partial charge in [-0.05, 0) is 65.7 Å². The Labute approximate surface area is 89.1 Å². The maximum Gasteiger partial charge on any atom is 0.0153 e. The standard InChI is InChI=1S/C12H26N2/c1-4-13-9-5-6-10-14-11-7-8-12(14,2)3/h13H,4-11H2,1-3H3. The molecule has 0 amide bonds. The Hall–Kier alpha value is -0.0800. The molecular formula is C12H26N2. The number of rotatable bonds is 6. The summed E-state index contributed by atoms with van der Waals surface area (Å²) in [6.45, 7) is 11.8. The molecule has 0 saturated carbocycles. The zero-order valence-corrected chi connectivity index (χ0v) is 10.1. The molecule has 0 aromatic heterocycles. The van der Waals surface area contributed by atoms with Crippen molar-refractivity contribution in [1.82, 2.24) is 10.2 Å². The van der Waals surface area contributed by atoms with Crippen LogP contribution in [0.1, 0.15) is 46.5 Å². The van der Waals surface area contributed by atoms with Gasteiger partial charge in [-0.25, -0.2) is 0 Å². The minimum atomic E-state index is 0.470. The lowest BCUT2D eigenvalue weighted by atomic mass is 10.0. The van der Waals surface area contributed by atoms with E-state index < -0.39 is 0 Å².